The molecule has 4 heteroatoms. The number of hydrogen-bond donors (Lipinski definition) is 1. The molecule has 0 aliphatic heterocycles. The number of thiophene rings is 1. The van der Waals surface area contributed by atoms with Gasteiger partial charge in [-0.1, -0.05) is 24.6 Å². The summed E-state index contributed by atoms with van der Waals surface area (Å²) in [6.45, 7) is 5.19. The number of aromatic nitrogens is 1. The van der Waals surface area contributed by atoms with Crippen LogP contribution in [0.3, 0.4) is 0 Å². The van der Waals surface area contributed by atoms with Crippen molar-refractivity contribution in [2.45, 2.75) is 26.3 Å². The van der Waals surface area contributed by atoms with Crippen molar-refractivity contribution in [1.82, 2.24) is 10.3 Å². The van der Waals surface area contributed by atoms with Crippen LogP contribution in [0.15, 0.2) is 29.9 Å². The summed E-state index contributed by atoms with van der Waals surface area (Å²) in [4.78, 5) is 5.44. The van der Waals surface area contributed by atoms with Gasteiger partial charge in [-0.3, -0.25) is 4.98 Å². The van der Waals surface area contributed by atoms with Crippen molar-refractivity contribution in [1.29, 1.82) is 0 Å². The molecule has 0 saturated heterocycles. The fraction of sp³-hybridized carbons (Fsp3) is 0.357. The molecule has 0 aliphatic rings. The lowest BCUT2D eigenvalue weighted by Crippen LogP contribution is -2.22. The van der Waals surface area contributed by atoms with Gasteiger partial charge in [0, 0.05) is 17.3 Å². The third kappa shape index (κ3) is 3.10. The first-order valence-corrected chi connectivity index (χ1v) is 7.36. The molecule has 1 N–H and O–H groups in total. The topological polar surface area (TPSA) is 24.9 Å². The highest BCUT2D eigenvalue weighted by Gasteiger charge is 2.18. The molecule has 1 unspecified atom stereocenters. The first-order valence-electron chi connectivity index (χ1n) is 6.10. The molecule has 0 radical (unpaired) electrons. The molecule has 0 aliphatic carbocycles. The zero-order valence-corrected chi connectivity index (χ0v) is 12.2. The van der Waals surface area contributed by atoms with Crippen LogP contribution in [0, 0.1) is 6.92 Å². The highest BCUT2D eigenvalue weighted by Crippen LogP contribution is 2.32. The Labute approximate surface area is 117 Å². The SMILES string of the molecule is CCCNC(c1cncc(C)c1)c1sccc1Cl. The average molecular weight is 281 g/mol. The van der Waals surface area contributed by atoms with Gasteiger partial charge in [0.05, 0.1) is 11.1 Å². The Balaban J connectivity index is 2.33. The van der Waals surface area contributed by atoms with Crippen LogP contribution >= 0.6 is 22.9 Å². The van der Waals surface area contributed by atoms with Gasteiger partial charge in [0.25, 0.3) is 0 Å². The zero-order valence-electron chi connectivity index (χ0n) is 10.6. The van der Waals surface area contributed by atoms with E-state index in [0.29, 0.717) is 0 Å². The van der Waals surface area contributed by atoms with E-state index in [9.17, 15) is 0 Å². The number of nitrogens with one attached hydrogen (secondary N) is 1. The molecule has 2 nitrogen and oxygen atoms in total. The lowest BCUT2D eigenvalue weighted by atomic mass is 10.1. The van der Waals surface area contributed by atoms with Gasteiger partial charge >= 0.3 is 0 Å². The number of rotatable bonds is 5. The molecular formula is C14H17ClN2S. The number of aryl methyl sites for hydroxylation is 1. The summed E-state index contributed by atoms with van der Waals surface area (Å²) >= 11 is 7.94. The molecule has 2 heterocycles. The fourth-order valence-electron chi connectivity index (χ4n) is 1.90. The third-order valence-electron chi connectivity index (χ3n) is 2.73. The molecule has 0 aromatic carbocycles. The Morgan fingerprint density at radius 2 is 2.28 bits per heavy atom. The second-order valence-electron chi connectivity index (χ2n) is 4.32. The van der Waals surface area contributed by atoms with Crippen LogP contribution in [0.1, 0.15) is 35.4 Å². The van der Waals surface area contributed by atoms with E-state index in [1.165, 1.54) is 11.1 Å². The van der Waals surface area contributed by atoms with Gasteiger partial charge < -0.3 is 5.32 Å². The molecule has 2 rings (SSSR count). The van der Waals surface area contributed by atoms with Crippen LogP contribution in [-0.2, 0) is 0 Å². The molecule has 96 valence electrons. The van der Waals surface area contributed by atoms with Crippen LogP contribution in [-0.4, -0.2) is 11.5 Å². The largest absolute Gasteiger partial charge is 0.306 e. The highest BCUT2D eigenvalue weighted by atomic mass is 35.5. The number of hydrogen-bond acceptors (Lipinski definition) is 3. The third-order valence-corrected chi connectivity index (χ3v) is 4.16. The van der Waals surface area contributed by atoms with Gasteiger partial charge in [0.15, 0.2) is 0 Å². The fourth-order valence-corrected chi connectivity index (χ4v) is 3.17. The van der Waals surface area contributed by atoms with Crippen molar-refractivity contribution in [3.8, 4) is 0 Å². The second kappa shape index (κ2) is 6.32. The molecule has 18 heavy (non-hydrogen) atoms. The molecule has 0 spiro atoms. The van der Waals surface area contributed by atoms with Gasteiger partial charge in [0.2, 0.25) is 0 Å². The number of nitrogens with zero attached hydrogens (tertiary/aromatic N) is 1. The van der Waals surface area contributed by atoms with Crippen LogP contribution < -0.4 is 5.32 Å². The standard InChI is InChI=1S/C14H17ClN2S/c1-3-5-17-13(14-12(15)4-6-18-14)11-7-10(2)8-16-9-11/h4,6-9,13,17H,3,5H2,1-2H3. The smallest absolute Gasteiger partial charge is 0.0701 e. The quantitative estimate of drug-likeness (QED) is 0.888. The van der Waals surface area contributed by atoms with Gasteiger partial charge in [-0.15, -0.1) is 11.3 Å². The van der Waals surface area contributed by atoms with E-state index in [0.717, 1.165) is 22.9 Å². The maximum absolute atomic E-state index is 6.25. The van der Waals surface area contributed by atoms with Crippen LogP contribution in [0.25, 0.3) is 0 Å². The lowest BCUT2D eigenvalue weighted by molar-refractivity contribution is 0.604. The number of pyridine rings is 1. The lowest BCUT2D eigenvalue weighted by Gasteiger charge is -2.18. The summed E-state index contributed by atoms with van der Waals surface area (Å²) in [5, 5.41) is 6.40. The van der Waals surface area contributed by atoms with E-state index in [-0.39, 0.29) is 6.04 Å². The van der Waals surface area contributed by atoms with Crippen molar-refractivity contribution in [3.05, 3.63) is 50.9 Å². The Morgan fingerprint density at radius 3 is 2.89 bits per heavy atom. The van der Waals surface area contributed by atoms with Crippen molar-refractivity contribution in [3.63, 3.8) is 0 Å². The summed E-state index contributed by atoms with van der Waals surface area (Å²) in [7, 11) is 0. The first kappa shape index (κ1) is 13.5. The average Bonchev–Trinajstić information content (AvgIpc) is 2.77. The van der Waals surface area contributed by atoms with Crippen LogP contribution in [0.5, 0.6) is 0 Å². The second-order valence-corrected chi connectivity index (χ2v) is 5.67. The van der Waals surface area contributed by atoms with E-state index in [4.69, 9.17) is 11.6 Å². The molecule has 0 amide bonds. The monoisotopic (exact) mass is 280 g/mol. The van der Waals surface area contributed by atoms with E-state index >= 15 is 0 Å². The number of halogens is 1. The van der Waals surface area contributed by atoms with Gasteiger partial charge in [0.1, 0.15) is 0 Å². The maximum Gasteiger partial charge on any atom is 0.0701 e. The normalized spacial score (nSPS) is 12.6. The predicted molar refractivity (Wildman–Crippen MR) is 78.4 cm³/mol. The predicted octanol–water partition coefficient (Wildman–Crippen LogP) is 4.19. The summed E-state index contributed by atoms with van der Waals surface area (Å²) < 4.78 is 0. The highest BCUT2D eigenvalue weighted by molar-refractivity contribution is 7.10. The molecule has 2 aromatic heterocycles. The zero-order chi connectivity index (χ0) is 13.0. The van der Waals surface area contributed by atoms with Crippen LogP contribution in [0.2, 0.25) is 5.02 Å². The van der Waals surface area contributed by atoms with Gasteiger partial charge in [-0.2, -0.15) is 0 Å². The molecule has 2 aromatic rings. The van der Waals surface area contributed by atoms with Gasteiger partial charge in [-0.25, -0.2) is 0 Å². The van der Waals surface area contributed by atoms with Crippen molar-refractivity contribution < 1.29 is 0 Å². The molecule has 0 bridgehead atoms. The van der Waals surface area contributed by atoms with E-state index in [1.807, 2.05) is 23.8 Å². The summed E-state index contributed by atoms with van der Waals surface area (Å²) in [5.74, 6) is 0. The van der Waals surface area contributed by atoms with E-state index in [1.54, 1.807) is 11.3 Å². The Kier molecular flexibility index (Phi) is 4.75. The Morgan fingerprint density at radius 1 is 1.44 bits per heavy atom. The van der Waals surface area contributed by atoms with Crippen molar-refractivity contribution in [2.24, 2.45) is 0 Å². The van der Waals surface area contributed by atoms with Gasteiger partial charge in [-0.05, 0) is 42.5 Å². The van der Waals surface area contributed by atoms with E-state index < -0.39 is 0 Å². The maximum atomic E-state index is 6.25. The summed E-state index contributed by atoms with van der Waals surface area (Å²) in [6.07, 6.45) is 4.88. The molecular weight excluding hydrogens is 264 g/mol. The van der Waals surface area contributed by atoms with Crippen molar-refractivity contribution in [2.75, 3.05) is 6.54 Å². The van der Waals surface area contributed by atoms with E-state index in [2.05, 4.69) is 30.2 Å². The summed E-state index contributed by atoms with van der Waals surface area (Å²) in [6, 6.07) is 4.26. The Hall–Kier alpha value is -0.900. The Bertz CT molecular complexity index is 510. The molecule has 1 atom stereocenters. The minimum atomic E-state index is 0.143. The molecule has 0 saturated carbocycles. The van der Waals surface area contributed by atoms with Crippen LogP contribution in [0.4, 0.5) is 0 Å². The minimum Gasteiger partial charge on any atom is -0.306 e. The minimum absolute atomic E-state index is 0.143. The summed E-state index contributed by atoms with van der Waals surface area (Å²) in [5.41, 5.74) is 2.34. The first-order chi connectivity index (χ1) is 8.72. The molecule has 0 fully saturated rings. The van der Waals surface area contributed by atoms with Crippen molar-refractivity contribution >= 4 is 22.9 Å².